The van der Waals surface area contributed by atoms with Crippen LogP contribution in [0.2, 0.25) is 0 Å². The molecule has 1 rings (SSSR count). The third kappa shape index (κ3) is 2.94. The van der Waals surface area contributed by atoms with Crippen molar-refractivity contribution in [1.82, 2.24) is 5.32 Å². The van der Waals surface area contributed by atoms with Crippen molar-refractivity contribution in [3.63, 3.8) is 0 Å². The normalized spacial score (nSPS) is 28.5. The van der Waals surface area contributed by atoms with E-state index in [1.54, 1.807) is 6.92 Å². The van der Waals surface area contributed by atoms with Crippen molar-refractivity contribution in [3.05, 3.63) is 23.9 Å². The lowest BCUT2D eigenvalue weighted by atomic mass is 9.75. The van der Waals surface area contributed by atoms with Crippen molar-refractivity contribution in [3.8, 4) is 0 Å². The van der Waals surface area contributed by atoms with E-state index in [2.05, 4.69) is 16.6 Å². The molecule has 0 spiro atoms. The van der Waals surface area contributed by atoms with Crippen LogP contribution < -0.4 is 5.32 Å². The monoisotopic (exact) mass is 238 g/mol. The van der Waals surface area contributed by atoms with E-state index in [-0.39, 0.29) is 11.6 Å². The summed E-state index contributed by atoms with van der Waals surface area (Å²) < 4.78 is 4.57. The number of ether oxygens (including phenoxy) is 1. The van der Waals surface area contributed by atoms with E-state index in [0.29, 0.717) is 18.5 Å². The number of aliphatic hydroxyl groups is 1. The average Bonchev–Trinajstić information content (AvgIpc) is 2.27. The number of rotatable bonds is 5. The van der Waals surface area contributed by atoms with Crippen LogP contribution in [-0.2, 0) is 9.53 Å². The largest absolute Gasteiger partial charge is 0.465 e. The molecule has 1 aliphatic rings. The minimum atomic E-state index is -0.798. The second kappa shape index (κ2) is 5.14. The first-order chi connectivity index (χ1) is 7.95. The van der Waals surface area contributed by atoms with E-state index in [4.69, 9.17) is 5.41 Å². The molecule has 17 heavy (non-hydrogen) atoms. The highest BCUT2D eigenvalue weighted by Crippen LogP contribution is 2.33. The van der Waals surface area contributed by atoms with E-state index in [1.807, 2.05) is 0 Å². The predicted molar refractivity (Wildman–Crippen MR) is 64.8 cm³/mol. The van der Waals surface area contributed by atoms with Gasteiger partial charge in [-0.3, -0.25) is 0 Å². The Bertz CT molecular complexity index is 368. The van der Waals surface area contributed by atoms with Crippen LogP contribution in [0.1, 0.15) is 19.8 Å². The fourth-order valence-corrected chi connectivity index (χ4v) is 1.88. The van der Waals surface area contributed by atoms with Gasteiger partial charge in [-0.15, -0.1) is 6.58 Å². The van der Waals surface area contributed by atoms with E-state index < -0.39 is 11.6 Å². The maximum absolute atomic E-state index is 11.3. The summed E-state index contributed by atoms with van der Waals surface area (Å²) in [6.45, 7) is 5.27. The molecular formula is C12H18N2O3. The van der Waals surface area contributed by atoms with Crippen LogP contribution in [0.15, 0.2) is 23.9 Å². The fourth-order valence-electron chi connectivity index (χ4n) is 1.88. The average molecular weight is 238 g/mol. The van der Waals surface area contributed by atoms with Crippen molar-refractivity contribution < 1.29 is 14.6 Å². The molecule has 0 bridgehead atoms. The SMILES string of the molecule is C=C[C@]1(O)C[C@@H](N/C(C)=C(\C=N)C(=O)OC)C1. The van der Waals surface area contributed by atoms with Crippen molar-refractivity contribution in [1.29, 1.82) is 5.41 Å². The Labute approximate surface area is 101 Å². The fraction of sp³-hybridized carbons (Fsp3) is 0.500. The van der Waals surface area contributed by atoms with Gasteiger partial charge in [0.15, 0.2) is 0 Å². The third-order valence-corrected chi connectivity index (χ3v) is 2.95. The number of carbonyl (C=O) groups is 1. The van der Waals surface area contributed by atoms with Crippen LogP contribution in [-0.4, -0.2) is 36.0 Å². The van der Waals surface area contributed by atoms with E-state index in [0.717, 1.165) is 6.21 Å². The minimum Gasteiger partial charge on any atom is -0.465 e. The van der Waals surface area contributed by atoms with Gasteiger partial charge >= 0.3 is 5.97 Å². The molecule has 0 aromatic carbocycles. The minimum absolute atomic E-state index is 0.0950. The molecule has 0 amide bonds. The zero-order valence-corrected chi connectivity index (χ0v) is 10.1. The Morgan fingerprint density at radius 2 is 2.24 bits per heavy atom. The topological polar surface area (TPSA) is 82.4 Å². The van der Waals surface area contributed by atoms with Crippen molar-refractivity contribution >= 4 is 12.2 Å². The highest BCUT2D eigenvalue weighted by molar-refractivity contribution is 6.09. The first-order valence-electron chi connectivity index (χ1n) is 5.38. The van der Waals surface area contributed by atoms with Crippen molar-refractivity contribution in [2.24, 2.45) is 0 Å². The number of hydrogen-bond donors (Lipinski definition) is 3. The molecule has 0 aromatic heterocycles. The van der Waals surface area contributed by atoms with Crippen LogP contribution in [0, 0.1) is 5.41 Å². The van der Waals surface area contributed by atoms with Crippen LogP contribution in [0.3, 0.4) is 0 Å². The molecule has 0 aromatic rings. The summed E-state index contributed by atoms with van der Waals surface area (Å²) in [5, 5.41) is 20.0. The van der Waals surface area contributed by atoms with Gasteiger partial charge in [0.25, 0.3) is 0 Å². The van der Waals surface area contributed by atoms with E-state index >= 15 is 0 Å². The second-order valence-electron chi connectivity index (χ2n) is 4.23. The van der Waals surface area contributed by atoms with Gasteiger partial charge in [0.05, 0.1) is 18.3 Å². The predicted octanol–water partition coefficient (Wildman–Crippen LogP) is 0.752. The van der Waals surface area contributed by atoms with Gasteiger partial charge in [0.1, 0.15) is 0 Å². The second-order valence-corrected chi connectivity index (χ2v) is 4.23. The van der Waals surface area contributed by atoms with Crippen LogP contribution in [0.5, 0.6) is 0 Å². The number of esters is 1. The number of allylic oxidation sites excluding steroid dienone is 1. The van der Waals surface area contributed by atoms with Gasteiger partial charge in [-0.25, -0.2) is 4.79 Å². The lowest BCUT2D eigenvalue weighted by molar-refractivity contribution is -0.135. The summed E-state index contributed by atoms with van der Waals surface area (Å²) in [6.07, 6.45) is 3.61. The molecule has 5 heteroatoms. The molecule has 0 saturated heterocycles. The first kappa shape index (κ1) is 13.4. The molecule has 0 radical (unpaired) electrons. The molecule has 3 N–H and O–H groups in total. The standard InChI is InChI=1S/C12H18N2O3/c1-4-12(16)5-9(6-12)14-8(2)10(7-13)11(15)17-3/h4,7,9,13-14,16H,1,5-6H2,2-3H3/b10-8+,13-7?/t9-,12+. The van der Waals surface area contributed by atoms with Crippen molar-refractivity contribution in [2.45, 2.75) is 31.4 Å². The lowest BCUT2D eigenvalue weighted by Crippen LogP contribution is -2.52. The van der Waals surface area contributed by atoms with Gasteiger partial charge in [0, 0.05) is 30.8 Å². The summed E-state index contributed by atoms with van der Waals surface area (Å²) in [5.41, 5.74) is -0.0156. The van der Waals surface area contributed by atoms with Crippen LogP contribution in [0.4, 0.5) is 0 Å². The molecule has 1 saturated carbocycles. The third-order valence-electron chi connectivity index (χ3n) is 2.95. The highest BCUT2D eigenvalue weighted by atomic mass is 16.5. The number of methoxy groups -OCH3 is 1. The maximum Gasteiger partial charge on any atom is 0.341 e. The lowest BCUT2D eigenvalue weighted by Gasteiger charge is -2.42. The van der Waals surface area contributed by atoms with Crippen molar-refractivity contribution in [2.75, 3.05) is 7.11 Å². The van der Waals surface area contributed by atoms with Gasteiger partial charge in [-0.2, -0.15) is 0 Å². The molecule has 0 aliphatic heterocycles. The van der Waals surface area contributed by atoms with Gasteiger partial charge in [-0.1, -0.05) is 6.08 Å². The number of hydrogen-bond acceptors (Lipinski definition) is 5. The molecule has 5 nitrogen and oxygen atoms in total. The van der Waals surface area contributed by atoms with Gasteiger partial charge in [0.2, 0.25) is 0 Å². The first-order valence-corrected chi connectivity index (χ1v) is 5.38. The zero-order valence-electron chi connectivity index (χ0n) is 10.1. The van der Waals surface area contributed by atoms with Gasteiger partial charge < -0.3 is 20.6 Å². The Morgan fingerprint density at radius 1 is 1.65 bits per heavy atom. The Balaban J connectivity index is 2.63. The van der Waals surface area contributed by atoms with Crippen LogP contribution >= 0.6 is 0 Å². The molecule has 0 unspecified atom stereocenters. The molecule has 1 aliphatic carbocycles. The number of nitrogens with one attached hydrogen (secondary N) is 2. The van der Waals surface area contributed by atoms with E-state index in [1.165, 1.54) is 13.2 Å². The quantitative estimate of drug-likeness (QED) is 0.286. The number of carbonyl (C=O) groups excluding carboxylic acids is 1. The Hall–Kier alpha value is -1.62. The van der Waals surface area contributed by atoms with Gasteiger partial charge in [-0.05, 0) is 6.92 Å². The summed E-state index contributed by atoms with van der Waals surface area (Å²) in [6, 6.07) is 0.0950. The maximum atomic E-state index is 11.3. The molecule has 94 valence electrons. The van der Waals surface area contributed by atoms with Crippen LogP contribution in [0.25, 0.3) is 0 Å². The molecule has 1 fully saturated rings. The molecule has 0 heterocycles. The summed E-state index contributed by atoms with van der Waals surface area (Å²) >= 11 is 0. The molecular weight excluding hydrogens is 220 g/mol. The summed E-state index contributed by atoms with van der Waals surface area (Å²) in [7, 11) is 1.28. The smallest absolute Gasteiger partial charge is 0.341 e. The summed E-state index contributed by atoms with van der Waals surface area (Å²) in [5.74, 6) is -0.539. The Kier molecular flexibility index (Phi) is 4.07. The van der Waals surface area contributed by atoms with E-state index in [9.17, 15) is 9.90 Å². The summed E-state index contributed by atoms with van der Waals surface area (Å²) in [4.78, 5) is 11.3. The molecule has 0 atom stereocenters. The Morgan fingerprint density at radius 3 is 2.65 bits per heavy atom. The zero-order chi connectivity index (χ0) is 13.1. The highest BCUT2D eigenvalue weighted by Gasteiger charge is 2.40.